The first-order chi connectivity index (χ1) is 16.5. The standard InChI is InChI=1S/C25H27N3O5S/c1-34-14-12-21(28-24(31)17-8-2-3-9-18(17)25(28)32)23(30)27-20-11-5-4-10-19(20)22(29)26-15-16-7-6-13-33-16/h2-5,8-11,16,21H,6-7,12-15H2,1H3,(H,26,29)(H,27,30). The number of imide groups is 1. The minimum absolute atomic E-state index is 0.00421. The van der Waals surface area contributed by atoms with Crippen molar-refractivity contribution in [2.45, 2.75) is 31.4 Å². The predicted molar refractivity (Wildman–Crippen MR) is 130 cm³/mol. The van der Waals surface area contributed by atoms with Gasteiger partial charge < -0.3 is 15.4 Å². The molecule has 0 aliphatic carbocycles. The number of amides is 4. The Kier molecular flexibility index (Phi) is 7.64. The van der Waals surface area contributed by atoms with Crippen molar-refractivity contribution in [2.75, 3.05) is 30.5 Å². The van der Waals surface area contributed by atoms with Gasteiger partial charge in [-0.3, -0.25) is 24.1 Å². The molecule has 1 saturated heterocycles. The maximum atomic E-state index is 13.4. The number of hydrogen-bond donors (Lipinski definition) is 2. The van der Waals surface area contributed by atoms with Crippen LogP contribution in [0, 0.1) is 0 Å². The van der Waals surface area contributed by atoms with Crippen molar-refractivity contribution < 1.29 is 23.9 Å². The van der Waals surface area contributed by atoms with Crippen molar-refractivity contribution in [2.24, 2.45) is 0 Å². The van der Waals surface area contributed by atoms with Crippen LogP contribution in [0.3, 0.4) is 0 Å². The van der Waals surface area contributed by atoms with E-state index < -0.39 is 23.8 Å². The lowest BCUT2D eigenvalue weighted by Crippen LogP contribution is -2.47. The van der Waals surface area contributed by atoms with Crippen LogP contribution in [0.1, 0.15) is 50.3 Å². The van der Waals surface area contributed by atoms with E-state index >= 15 is 0 Å². The van der Waals surface area contributed by atoms with Gasteiger partial charge in [0.05, 0.1) is 28.5 Å². The van der Waals surface area contributed by atoms with E-state index in [0.29, 0.717) is 47.7 Å². The van der Waals surface area contributed by atoms with Crippen LogP contribution in [0.4, 0.5) is 5.69 Å². The smallest absolute Gasteiger partial charge is 0.262 e. The molecule has 178 valence electrons. The molecule has 2 aromatic carbocycles. The molecule has 4 rings (SSSR count). The molecule has 0 saturated carbocycles. The zero-order valence-electron chi connectivity index (χ0n) is 18.9. The summed E-state index contributed by atoms with van der Waals surface area (Å²) in [6, 6.07) is 12.2. The number of nitrogens with one attached hydrogen (secondary N) is 2. The summed E-state index contributed by atoms with van der Waals surface area (Å²) in [6.07, 6.45) is 4.06. The van der Waals surface area contributed by atoms with Crippen LogP contribution in [0.15, 0.2) is 48.5 Å². The first-order valence-electron chi connectivity index (χ1n) is 11.3. The molecule has 0 radical (unpaired) electrons. The highest BCUT2D eigenvalue weighted by atomic mass is 32.2. The Balaban J connectivity index is 1.52. The molecule has 0 spiro atoms. The molecule has 2 unspecified atom stereocenters. The lowest BCUT2D eigenvalue weighted by Gasteiger charge is -2.25. The molecule has 0 aromatic heterocycles. The first-order valence-corrected chi connectivity index (χ1v) is 12.7. The molecule has 2 aliphatic rings. The van der Waals surface area contributed by atoms with Gasteiger partial charge in [0.15, 0.2) is 0 Å². The van der Waals surface area contributed by atoms with E-state index in [4.69, 9.17) is 4.74 Å². The number of nitrogens with zero attached hydrogens (tertiary/aromatic N) is 1. The van der Waals surface area contributed by atoms with Gasteiger partial charge in [0, 0.05) is 13.2 Å². The summed E-state index contributed by atoms with van der Waals surface area (Å²) in [5, 5.41) is 5.65. The number of rotatable bonds is 9. The van der Waals surface area contributed by atoms with Crippen LogP contribution in [0.25, 0.3) is 0 Å². The number of fused-ring (bicyclic) bond motifs is 1. The monoisotopic (exact) mass is 481 g/mol. The van der Waals surface area contributed by atoms with Gasteiger partial charge in [0.25, 0.3) is 17.7 Å². The summed E-state index contributed by atoms with van der Waals surface area (Å²) < 4.78 is 5.55. The Hall–Kier alpha value is -3.17. The fourth-order valence-electron chi connectivity index (χ4n) is 4.21. The number of hydrogen-bond acceptors (Lipinski definition) is 6. The van der Waals surface area contributed by atoms with Crippen molar-refractivity contribution in [3.63, 3.8) is 0 Å². The molecule has 1 fully saturated rings. The number of thioether (sulfide) groups is 1. The number of anilines is 1. The van der Waals surface area contributed by atoms with Crippen LogP contribution >= 0.6 is 11.8 Å². The van der Waals surface area contributed by atoms with Crippen molar-refractivity contribution in [1.82, 2.24) is 10.2 Å². The third-order valence-electron chi connectivity index (χ3n) is 5.98. The van der Waals surface area contributed by atoms with Gasteiger partial charge in [-0.25, -0.2) is 0 Å². The van der Waals surface area contributed by atoms with Crippen LogP contribution < -0.4 is 10.6 Å². The van der Waals surface area contributed by atoms with Crippen molar-refractivity contribution in [3.8, 4) is 0 Å². The molecule has 2 aliphatic heterocycles. The summed E-state index contributed by atoms with van der Waals surface area (Å²) >= 11 is 1.52. The van der Waals surface area contributed by atoms with E-state index in [9.17, 15) is 19.2 Å². The van der Waals surface area contributed by atoms with Crippen molar-refractivity contribution in [1.29, 1.82) is 0 Å². The van der Waals surface area contributed by atoms with E-state index in [1.807, 2.05) is 6.26 Å². The summed E-state index contributed by atoms with van der Waals surface area (Å²) in [5.41, 5.74) is 1.22. The summed E-state index contributed by atoms with van der Waals surface area (Å²) in [6.45, 7) is 1.09. The molecule has 34 heavy (non-hydrogen) atoms. The van der Waals surface area contributed by atoms with Gasteiger partial charge in [-0.2, -0.15) is 11.8 Å². The average Bonchev–Trinajstić information content (AvgIpc) is 3.46. The van der Waals surface area contributed by atoms with Crippen LogP contribution in [-0.2, 0) is 9.53 Å². The lowest BCUT2D eigenvalue weighted by molar-refractivity contribution is -0.120. The van der Waals surface area contributed by atoms with Crippen LogP contribution in [-0.4, -0.2) is 65.8 Å². The maximum absolute atomic E-state index is 13.4. The SMILES string of the molecule is CSCCC(C(=O)Nc1ccccc1C(=O)NCC1CCCO1)N1C(=O)c2ccccc2C1=O. The normalized spacial score (nSPS) is 18.0. The van der Waals surface area contributed by atoms with Gasteiger partial charge in [-0.05, 0) is 55.5 Å². The number of carbonyl (C=O) groups excluding carboxylic acids is 4. The van der Waals surface area contributed by atoms with Crippen LogP contribution in [0.5, 0.6) is 0 Å². The van der Waals surface area contributed by atoms with E-state index in [0.717, 1.165) is 17.7 Å². The second-order valence-corrected chi connectivity index (χ2v) is 9.19. The summed E-state index contributed by atoms with van der Waals surface area (Å²) in [7, 11) is 0. The zero-order chi connectivity index (χ0) is 24.1. The second kappa shape index (κ2) is 10.8. The molecular formula is C25H27N3O5S. The Bertz CT molecular complexity index is 1060. The van der Waals surface area contributed by atoms with Crippen molar-refractivity contribution >= 4 is 41.1 Å². The van der Waals surface area contributed by atoms with Gasteiger partial charge >= 0.3 is 0 Å². The van der Waals surface area contributed by atoms with E-state index in [-0.39, 0.29) is 12.0 Å². The minimum Gasteiger partial charge on any atom is -0.376 e. The number of ether oxygens (including phenoxy) is 1. The quantitative estimate of drug-likeness (QED) is 0.534. The van der Waals surface area contributed by atoms with E-state index in [1.165, 1.54) is 11.8 Å². The fraction of sp³-hybridized carbons (Fsp3) is 0.360. The highest BCUT2D eigenvalue weighted by Gasteiger charge is 2.42. The number of carbonyl (C=O) groups is 4. The summed E-state index contributed by atoms with van der Waals surface area (Å²) in [4.78, 5) is 53.2. The van der Waals surface area contributed by atoms with E-state index in [1.54, 1.807) is 48.5 Å². The molecule has 9 heteroatoms. The first kappa shape index (κ1) is 24.0. The lowest BCUT2D eigenvalue weighted by atomic mass is 10.1. The molecular weight excluding hydrogens is 454 g/mol. The Labute approximate surface area is 202 Å². The van der Waals surface area contributed by atoms with Crippen molar-refractivity contribution in [3.05, 3.63) is 65.2 Å². The Morgan fingerprint density at radius 3 is 2.41 bits per heavy atom. The van der Waals surface area contributed by atoms with Gasteiger partial charge in [-0.1, -0.05) is 24.3 Å². The molecule has 2 atom stereocenters. The van der Waals surface area contributed by atoms with Gasteiger partial charge in [-0.15, -0.1) is 0 Å². The molecule has 8 nitrogen and oxygen atoms in total. The Morgan fingerprint density at radius 1 is 1.09 bits per heavy atom. The second-order valence-electron chi connectivity index (χ2n) is 8.20. The summed E-state index contributed by atoms with van der Waals surface area (Å²) in [5.74, 6) is -1.22. The zero-order valence-corrected chi connectivity index (χ0v) is 19.7. The third-order valence-corrected chi connectivity index (χ3v) is 6.62. The highest BCUT2D eigenvalue weighted by molar-refractivity contribution is 7.98. The highest BCUT2D eigenvalue weighted by Crippen LogP contribution is 2.27. The largest absolute Gasteiger partial charge is 0.376 e. The Morgan fingerprint density at radius 2 is 1.76 bits per heavy atom. The molecule has 4 amide bonds. The maximum Gasteiger partial charge on any atom is 0.262 e. The molecule has 2 aromatic rings. The molecule has 2 N–H and O–H groups in total. The molecule has 2 heterocycles. The average molecular weight is 482 g/mol. The van der Waals surface area contributed by atoms with Gasteiger partial charge in [0.1, 0.15) is 6.04 Å². The topological polar surface area (TPSA) is 105 Å². The van der Waals surface area contributed by atoms with Gasteiger partial charge in [0.2, 0.25) is 5.91 Å². The minimum atomic E-state index is -0.997. The van der Waals surface area contributed by atoms with E-state index in [2.05, 4.69) is 10.6 Å². The van der Waals surface area contributed by atoms with Crippen LogP contribution in [0.2, 0.25) is 0 Å². The molecule has 0 bridgehead atoms. The number of para-hydroxylation sites is 1. The fourth-order valence-corrected chi connectivity index (χ4v) is 4.67. The number of benzene rings is 2. The predicted octanol–water partition coefficient (Wildman–Crippen LogP) is 2.95. The third kappa shape index (κ3) is 5.00.